The number of carbonyl (C=O) groups excluding carboxylic acids is 2. The topological polar surface area (TPSA) is 94.8 Å². The minimum absolute atomic E-state index is 0.103. The van der Waals surface area contributed by atoms with E-state index in [9.17, 15) is 14.4 Å². The number of dihydropyridines is 1. The number of Topliss-reactive ketones (excluding diaryl/α,β-unsaturated/α-hetero) is 1. The monoisotopic (exact) mass is 525 g/mol. The van der Waals surface area contributed by atoms with Gasteiger partial charge in [0.15, 0.2) is 11.2 Å². The maximum Gasteiger partial charge on any atom is 0.337 e. The third kappa shape index (κ3) is 4.46. The molecule has 3 aliphatic rings. The van der Waals surface area contributed by atoms with Gasteiger partial charge in [0.1, 0.15) is 17.4 Å². The average molecular weight is 526 g/mol. The van der Waals surface area contributed by atoms with Crippen LogP contribution in [0.15, 0.2) is 86.5 Å². The van der Waals surface area contributed by atoms with E-state index >= 15 is 0 Å². The van der Waals surface area contributed by atoms with Crippen molar-refractivity contribution < 1.29 is 23.5 Å². The van der Waals surface area contributed by atoms with E-state index in [1.165, 1.54) is 6.26 Å². The number of hydrogen-bond acceptors (Lipinski definition) is 7. The summed E-state index contributed by atoms with van der Waals surface area (Å²) in [5.74, 6) is -0.850. The van der Waals surface area contributed by atoms with Crippen molar-refractivity contribution in [3.63, 3.8) is 0 Å². The summed E-state index contributed by atoms with van der Waals surface area (Å²) in [5, 5.41) is 3.77. The van der Waals surface area contributed by atoms with Crippen LogP contribution in [0.25, 0.3) is 11.0 Å². The Kier molecular flexibility index (Phi) is 6.59. The highest BCUT2D eigenvalue weighted by atomic mass is 16.5. The summed E-state index contributed by atoms with van der Waals surface area (Å²) in [6.45, 7) is 1.81. The molecule has 1 saturated carbocycles. The summed E-state index contributed by atoms with van der Waals surface area (Å²) in [6, 6.07) is 14.7. The number of benzene rings is 2. The van der Waals surface area contributed by atoms with Crippen LogP contribution in [-0.4, -0.2) is 25.0 Å². The van der Waals surface area contributed by atoms with Crippen molar-refractivity contribution >= 4 is 22.7 Å². The van der Waals surface area contributed by atoms with Gasteiger partial charge in [-0.25, -0.2) is 4.79 Å². The van der Waals surface area contributed by atoms with E-state index in [0.29, 0.717) is 34.2 Å². The maximum atomic E-state index is 13.9. The van der Waals surface area contributed by atoms with Crippen LogP contribution in [0.3, 0.4) is 0 Å². The van der Waals surface area contributed by atoms with E-state index < -0.39 is 11.9 Å². The highest BCUT2D eigenvalue weighted by Gasteiger charge is 2.43. The summed E-state index contributed by atoms with van der Waals surface area (Å²) >= 11 is 0. The molecule has 0 amide bonds. The Morgan fingerprint density at radius 3 is 2.51 bits per heavy atom. The summed E-state index contributed by atoms with van der Waals surface area (Å²) in [5.41, 5.74) is 3.46. The van der Waals surface area contributed by atoms with Crippen LogP contribution in [0.2, 0.25) is 0 Å². The van der Waals surface area contributed by atoms with Gasteiger partial charge >= 0.3 is 5.97 Å². The molecule has 200 valence electrons. The van der Waals surface area contributed by atoms with Crippen molar-refractivity contribution in [2.75, 3.05) is 7.11 Å². The molecule has 39 heavy (non-hydrogen) atoms. The largest absolute Gasteiger partial charge is 0.496 e. The first-order valence-corrected chi connectivity index (χ1v) is 13.5. The summed E-state index contributed by atoms with van der Waals surface area (Å²) < 4.78 is 17.4. The molecule has 2 aliphatic carbocycles. The van der Waals surface area contributed by atoms with Crippen LogP contribution >= 0.6 is 0 Å². The zero-order valence-corrected chi connectivity index (χ0v) is 22.1. The highest BCUT2D eigenvalue weighted by Crippen LogP contribution is 2.46. The molecular formula is C32H31NO6. The van der Waals surface area contributed by atoms with Crippen molar-refractivity contribution in [2.45, 2.75) is 63.4 Å². The van der Waals surface area contributed by atoms with Gasteiger partial charge in [-0.3, -0.25) is 9.59 Å². The maximum absolute atomic E-state index is 13.9. The van der Waals surface area contributed by atoms with Crippen molar-refractivity contribution in [3.8, 4) is 5.75 Å². The van der Waals surface area contributed by atoms with Gasteiger partial charge in [0, 0.05) is 34.9 Å². The number of esters is 1. The molecule has 0 bridgehead atoms. The fourth-order valence-corrected chi connectivity index (χ4v) is 6.36. The first kappa shape index (κ1) is 25.2. The van der Waals surface area contributed by atoms with E-state index in [1.807, 2.05) is 31.2 Å². The van der Waals surface area contributed by atoms with E-state index in [2.05, 4.69) is 5.32 Å². The van der Waals surface area contributed by atoms with Crippen LogP contribution in [0, 0.1) is 0 Å². The SMILES string of the molecule is COc1ccccc1[C@H]1CC(=O)C2=C(C1)NC(C)=C(C(=O)OC1CCCC1)[C@@H]2c1coc2ccccc2c1=O. The van der Waals surface area contributed by atoms with Crippen molar-refractivity contribution in [2.24, 2.45) is 0 Å². The number of ether oxygens (including phenoxy) is 2. The molecule has 0 spiro atoms. The number of rotatable bonds is 5. The molecule has 2 aromatic carbocycles. The highest BCUT2D eigenvalue weighted by molar-refractivity contribution is 6.04. The number of para-hydroxylation sites is 2. The third-order valence-corrected chi connectivity index (χ3v) is 8.22. The predicted octanol–water partition coefficient (Wildman–Crippen LogP) is 5.65. The van der Waals surface area contributed by atoms with E-state index in [-0.39, 0.29) is 35.2 Å². The van der Waals surface area contributed by atoms with Gasteiger partial charge in [-0.2, -0.15) is 0 Å². The molecule has 1 aliphatic heterocycles. The smallest absolute Gasteiger partial charge is 0.337 e. The lowest BCUT2D eigenvalue weighted by molar-refractivity contribution is -0.144. The van der Waals surface area contributed by atoms with E-state index in [0.717, 1.165) is 42.7 Å². The Morgan fingerprint density at radius 1 is 0.974 bits per heavy atom. The van der Waals surface area contributed by atoms with Crippen LogP contribution in [0.4, 0.5) is 0 Å². The second-order valence-electron chi connectivity index (χ2n) is 10.6. The molecule has 0 saturated heterocycles. The Labute approximate surface area is 226 Å². The summed E-state index contributed by atoms with van der Waals surface area (Å²) in [7, 11) is 1.62. The molecule has 1 fully saturated rings. The van der Waals surface area contributed by atoms with Gasteiger partial charge in [0.05, 0.1) is 30.3 Å². The number of allylic oxidation sites excluding steroid dienone is 3. The number of ketones is 1. The summed E-state index contributed by atoms with van der Waals surface area (Å²) in [4.78, 5) is 41.4. The van der Waals surface area contributed by atoms with Crippen LogP contribution < -0.4 is 15.5 Å². The number of carbonyl (C=O) groups is 2. The molecule has 6 rings (SSSR count). The van der Waals surface area contributed by atoms with Crippen LogP contribution in [0.5, 0.6) is 5.75 Å². The zero-order chi connectivity index (χ0) is 27.1. The molecule has 7 heteroatoms. The van der Waals surface area contributed by atoms with Gasteiger partial charge in [-0.05, 0) is 62.8 Å². The van der Waals surface area contributed by atoms with Crippen LogP contribution in [-0.2, 0) is 14.3 Å². The molecule has 1 N–H and O–H groups in total. The number of fused-ring (bicyclic) bond motifs is 1. The number of methoxy groups -OCH3 is 1. The second kappa shape index (κ2) is 10.2. The molecular weight excluding hydrogens is 494 g/mol. The molecule has 1 aromatic heterocycles. The van der Waals surface area contributed by atoms with Gasteiger partial charge in [0.25, 0.3) is 0 Å². The summed E-state index contributed by atoms with van der Waals surface area (Å²) in [6.07, 6.45) is 5.71. The minimum Gasteiger partial charge on any atom is -0.496 e. The van der Waals surface area contributed by atoms with Gasteiger partial charge < -0.3 is 19.2 Å². The number of hydrogen-bond donors (Lipinski definition) is 1. The quantitative estimate of drug-likeness (QED) is 0.430. The Morgan fingerprint density at radius 2 is 1.72 bits per heavy atom. The first-order valence-electron chi connectivity index (χ1n) is 13.5. The van der Waals surface area contributed by atoms with Gasteiger partial charge in [-0.1, -0.05) is 30.3 Å². The Balaban J connectivity index is 1.47. The Bertz CT molecular complexity index is 1590. The molecule has 7 nitrogen and oxygen atoms in total. The van der Waals surface area contributed by atoms with Gasteiger partial charge in [-0.15, -0.1) is 0 Å². The van der Waals surface area contributed by atoms with Crippen molar-refractivity contribution in [1.29, 1.82) is 0 Å². The third-order valence-electron chi connectivity index (χ3n) is 8.22. The standard InChI is InChI=1S/C32H31NO6/c1-18-28(32(36)39-20-9-3-4-10-20)29(23-17-38-27-14-8-6-12-22(27)31(23)35)30-24(33-18)15-19(16-25(30)34)21-11-5-7-13-26(21)37-2/h5-8,11-14,17,19-20,29,33H,3-4,9-10,15-16H2,1-2H3/t19-,29+/m1/s1. The van der Waals surface area contributed by atoms with Crippen molar-refractivity contribution in [3.05, 3.63) is 98.7 Å². The first-order chi connectivity index (χ1) is 19.0. The van der Waals surface area contributed by atoms with Crippen molar-refractivity contribution in [1.82, 2.24) is 5.32 Å². The molecule has 0 radical (unpaired) electrons. The Hall–Kier alpha value is -4.13. The molecule has 2 atom stereocenters. The lowest BCUT2D eigenvalue weighted by Gasteiger charge is -2.36. The molecule has 3 aromatic rings. The second-order valence-corrected chi connectivity index (χ2v) is 10.6. The lowest BCUT2D eigenvalue weighted by atomic mass is 9.71. The lowest BCUT2D eigenvalue weighted by Crippen LogP contribution is -2.38. The van der Waals surface area contributed by atoms with Gasteiger partial charge in [0.2, 0.25) is 0 Å². The minimum atomic E-state index is -0.873. The zero-order valence-electron chi connectivity index (χ0n) is 22.1. The van der Waals surface area contributed by atoms with E-state index in [4.69, 9.17) is 13.9 Å². The van der Waals surface area contributed by atoms with E-state index in [1.54, 1.807) is 31.4 Å². The fourth-order valence-electron chi connectivity index (χ4n) is 6.36. The number of nitrogens with one attached hydrogen (secondary N) is 1. The normalized spacial score (nSPS) is 21.6. The molecule has 0 unspecified atom stereocenters. The van der Waals surface area contributed by atoms with Crippen LogP contribution in [0.1, 0.15) is 68.4 Å². The molecule has 2 heterocycles. The predicted molar refractivity (Wildman–Crippen MR) is 146 cm³/mol. The fraction of sp³-hybridized carbons (Fsp3) is 0.344. The average Bonchev–Trinajstić information content (AvgIpc) is 3.45.